The third kappa shape index (κ3) is 4.81. The third-order valence-corrected chi connectivity index (χ3v) is 3.55. The molecule has 8 heteroatoms. The van der Waals surface area contributed by atoms with E-state index in [4.69, 9.17) is 0 Å². The Morgan fingerprint density at radius 3 is 1.27 bits per heavy atom. The molecular weight excluding hydrogens is 352 g/mol. The van der Waals surface area contributed by atoms with Crippen LogP contribution in [0, 0.1) is 0 Å². The Hall–Kier alpha value is -2.90. The highest BCUT2D eigenvalue weighted by Crippen LogP contribution is 2.33. The number of rotatable bonds is 7. The van der Waals surface area contributed by atoms with Gasteiger partial charge in [-0.3, -0.25) is 9.59 Å². The Morgan fingerprint density at radius 1 is 0.654 bits per heavy atom. The zero-order chi connectivity index (χ0) is 19.2. The van der Waals surface area contributed by atoms with Crippen LogP contribution >= 0.6 is 0 Å². The zero-order valence-electron chi connectivity index (χ0n) is 13.5. The number of nitrogens with one attached hydrogen (secondary N) is 2. The Kier molecular flexibility index (Phi) is 5.97. The van der Waals surface area contributed by atoms with Crippen molar-refractivity contribution in [2.75, 3.05) is 13.1 Å². The lowest BCUT2D eigenvalue weighted by molar-refractivity contribution is -0.200. The minimum atomic E-state index is -4.54. The van der Waals surface area contributed by atoms with Crippen LogP contribution in [-0.2, 0) is 0 Å². The highest BCUT2D eigenvalue weighted by Gasteiger charge is 2.56. The van der Waals surface area contributed by atoms with Gasteiger partial charge in [-0.05, 0) is 24.3 Å². The quantitative estimate of drug-likeness (QED) is 0.738. The number of carbonyl (C=O) groups excluding carboxylic acids is 2. The van der Waals surface area contributed by atoms with E-state index in [0.29, 0.717) is 0 Å². The minimum absolute atomic E-state index is 0.0731. The molecule has 138 valence electrons. The highest BCUT2D eigenvalue weighted by atomic mass is 19.3. The summed E-state index contributed by atoms with van der Waals surface area (Å²) >= 11 is 0. The van der Waals surface area contributed by atoms with Crippen molar-refractivity contribution in [2.24, 2.45) is 0 Å². The number of halogens is 4. The molecule has 0 bridgehead atoms. The van der Waals surface area contributed by atoms with Gasteiger partial charge in [0, 0.05) is 11.1 Å². The highest BCUT2D eigenvalue weighted by molar-refractivity contribution is 5.94. The second kappa shape index (κ2) is 7.99. The molecule has 0 aliphatic carbocycles. The molecule has 0 unspecified atom stereocenters. The second-order valence-corrected chi connectivity index (χ2v) is 5.51. The summed E-state index contributed by atoms with van der Waals surface area (Å²) in [5, 5.41) is 3.57. The topological polar surface area (TPSA) is 58.2 Å². The van der Waals surface area contributed by atoms with Crippen molar-refractivity contribution in [1.82, 2.24) is 10.6 Å². The fraction of sp³-hybridized carbons (Fsp3) is 0.222. The maximum absolute atomic E-state index is 13.8. The summed E-state index contributed by atoms with van der Waals surface area (Å²) in [6.07, 6.45) is 0. The van der Waals surface area contributed by atoms with E-state index in [-0.39, 0.29) is 11.1 Å². The second-order valence-electron chi connectivity index (χ2n) is 5.51. The molecule has 0 atom stereocenters. The van der Waals surface area contributed by atoms with Crippen molar-refractivity contribution in [1.29, 1.82) is 0 Å². The molecule has 0 heterocycles. The number of hydrogen-bond acceptors (Lipinski definition) is 2. The number of benzene rings is 2. The van der Waals surface area contributed by atoms with Crippen molar-refractivity contribution >= 4 is 11.8 Å². The van der Waals surface area contributed by atoms with Crippen LogP contribution in [0.3, 0.4) is 0 Å². The average molecular weight is 368 g/mol. The first kappa shape index (κ1) is 19.4. The first-order chi connectivity index (χ1) is 12.2. The SMILES string of the molecule is O=C(NCC(F)(F)C(F)(F)CNC(=O)c1ccccc1)c1ccccc1. The Bertz CT molecular complexity index is 687. The first-order valence-electron chi connectivity index (χ1n) is 7.65. The predicted molar refractivity (Wildman–Crippen MR) is 87.4 cm³/mol. The Labute approximate surface area is 147 Å². The lowest BCUT2D eigenvalue weighted by atomic mass is 10.1. The maximum atomic E-state index is 13.8. The van der Waals surface area contributed by atoms with Crippen molar-refractivity contribution < 1.29 is 27.2 Å². The van der Waals surface area contributed by atoms with E-state index in [0.717, 1.165) is 0 Å². The molecule has 0 fully saturated rings. The Morgan fingerprint density at radius 2 is 0.962 bits per heavy atom. The van der Waals surface area contributed by atoms with E-state index < -0.39 is 36.7 Å². The zero-order valence-corrected chi connectivity index (χ0v) is 13.5. The molecule has 2 aromatic carbocycles. The summed E-state index contributed by atoms with van der Waals surface area (Å²) in [5.41, 5.74) is 0.146. The normalized spacial score (nSPS) is 11.7. The van der Waals surface area contributed by atoms with Gasteiger partial charge in [0.05, 0.1) is 13.1 Å². The van der Waals surface area contributed by atoms with Crippen molar-refractivity contribution in [3.05, 3.63) is 71.8 Å². The summed E-state index contributed by atoms with van der Waals surface area (Å²) in [4.78, 5) is 23.4. The smallest absolute Gasteiger partial charge is 0.328 e. The van der Waals surface area contributed by atoms with Gasteiger partial charge in [0.2, 0.25) is 0 Å². The molecule has 2 aromatic rings. The lowest BCUT2D eigenvalue weighted by Crippen LogP contribution is -2.54. The van der Waals surface area contributed by atoms with Crippen LogP contribution < -0.4 is 10.6 Å². The number of alkyl halides is 4. The molecule has 0 aliphatic rings. The van der Waals surface area contributed by atoms with Crippen LogP contribution in [0.1, 0.15) is 20.7 Å². The largest absolute Gasteiger partial charge is 0.346 e. The summed E-state index contributed by atoms with van der Waals surface area (Å²) in [5.74, 6) is -10.9. The van der Waals surface area contributed by atoms with Gasteiger partial charge < -0.3 is 10.6 Å². The van der Waals surface area contributed by atoms with Crippen LogP contribution in [0.4, 0.5) is 17.6 Å². The minimum Gasteiger partial charge on any atom is -0.346 e. The van der Waals surface area contributed by atoms with E-state index in [9.17, 15) is 27.2 Å². The van der Waals surface area contributed by atoms with Gasteiger partial charge in [0.15, 0.2) is 0 Å². The van der Waals surface area contributed by atoms with E-state index in [1.165, 1.54) is 48.5 Å². The summed E-state index contributed by atoms with van der Waals surface area (Å²) in [6, 6.07) is 14.8. The summed E-state index contributed by atoms with van der Waals surface area (Å²) in [6.45, 7) is -3.12. The molecule has 0 aromatic heterocycles. The van der Waals surface area contributed by atoms with Gasteiger partial charge in [-0.1, -0.05) is 36.4 Å². The van der Waals surface area contributed by atoms with Crippen LogP contribution in [0.25, 0.3) is 0 Å². The third-order valence-electron chi connectivity index (χ3n) is 3.55. The van der Waals surface area contributed by atoms with Crippen molar-refractivity contribution in [2.45, 2.75) is 11.8 Å². The van der Waals surface area contributed by atoms with Gasteiger partial charge in [0.1, 0.15) is 0 Å². The average Bonchev–Trinajstić information content (AvgIpc) is 2.65. The number of hydrogen-bond donors (Lipinski definition) is 2. The number of carbonyl (C=O) groups is 2. The molecule has 0 radical (unpaired) electrons. The van der Waals surface area contributed by atoms with Crippen LogP contribution in [0.15, 0.2) is 60.7 Å². The standard InChI is InChI=1S/C18H16F4N2O2/c19-17(20,11-23-15(25)13-7-3-1-4-8-13)18(21,22)12-24-16(26)14-9-5-2-6-10-14/h1-10H,11-12H2,(H,23,25)(H,24,26). The molecule has 2 amide bonds. The summed E-state index contributed by atoms with van der Waals surface area (Å²) < 4.78 is 55.3. The van der Waals surface area contributed by atoms with Crippen LogP contribution in [-0.4, -0.2) is 36.7 Å². The molecule has 2 rings (SSSR count). The van der Waals surface area contributed by atoms with Gasteiger partial charge in [-0.2, -0.15) is 17.6 Å². The fourth-order valence-electron chi connectivity index (χ4n) is 2.02. The van der Waals surface area contributed by atoms with Crippen molar-refractivity contribution in [3.8, 4) is 0 Å². The fourth-order valence-corrected chi connectivity index (χ4v) is 2.02. The molecule has 2 N–H and O–H groups in total. The van der Waals surface area contributed by atoms with Gasteiger partial charge >= 0.3 is 11.8 Å². The van der Waals surface area contributed by atoms with Gasteiger partial charge in [-0.15, -0.1) is 0 Å². The van der Waals surface area contributed by atoms with Crippen LogP contribution in [0.5, 0.6) is 0 Å². The van der Waals surface area contributed by atoms with Crippen LogP contribution in [0.2, 0.25) is 0 Å². The van der Waals surface area contributed by atoms with Gasteiger partial charge in [-0.25, -0.2) is 0 Å². The van der Waals surface area contributed by atoms with Gasteiger partial charge in [0.25, 0.3) is 11.8 Å². The Balaban J connectivity index is 1.93. The molecule has 0 aliphatic heterocycles. The lowest BCUT2D eigenvalue weighted by Gasteiger charge is -2.27. The molecule has 0 saturated heterocycles. The monoisotopic (exact) mass is 368 g/mol. The molecule has 4 nitrogen and oxygen atoms in total. The maximum Gasteiger partial charge on any atom is 0.328 e. The molecule has 0 spiro atoms. The van der Waals surface area contributed by atoms with E-state index in [1.54, 1.807) is 22.8 Å². The number of amides is 2. The van der Waals surface area contributed by atoms with E-state index in [1.807, 2.05) is 0 Å². The van der Waals surface area contributed by atoms with Crippen molar-refractivity contribution in [3.63, 3.8) is 0 Å². The molecule has 0 saturated carbocycles. The molecule has 26 heavy (non-hydrogen) atoms. The first-order valence-corrected chi connectivity index (χ1v) is 7.65. The van der Waals surface area contributed by atoms with E-state index >= 15 is 0 Å². The molecular formula is C18H16F4N2O2. The predicted octanol–water partition coefficient (Wildman–Crippen LogP) is 3.12. The van der Waals surface area contributed by atoms with E-state index in [2.05, 4.69) is 0 Å². The summed E-state index contributed by atoms with van der Waals surface area (Å²) in [7, 11) is 0.